The van der Waals surface area contributed by atoms with E-state index in [1.807, 2.05) is 13.0 Å². The number of carbonyl (C=O) groups excluding carboxylic acids is 1. The predicted molar refractivity (Wildman–Crippen MR) is 62.2 cm³/mol. The topological polar surface area (TPSA) is 38.3 Å². The molecule has 1 aromatic carbocycles. The first-order chi connectivity index (χ1) is 7.72. The molecule has 1 aromatic rings. The Balaban J connectivity index is 1.86. The van der Waals surface area contributed by atoms with Gasteiger partial charge in [-0.2, -0.15) is 0 Å². The van der Waals surface area contributed by atoms with Crippen molar-refractivity contribution in [1.82, 2.24) is 5.32 Å². The van der Waals surface area contributed by atoms with Crippen LogP contribution in [-0.4, -0.2) is 25.2 Å². The molecule has 0 radical (unpaired) electrons. The molecule has 1 aliphatic rings. The Morgan fingerprint density at radius 3 is 2.75 bits per heavy atom. The van der Waals surface area contributed by atoms with Crippen molar-refractivity contribution < 1.29 is 9.53 Å². The molecule has 3 nitrogen and oxygen atoms in total. The Kier molecular flexibility index (Phi) is 3.25. The molecule has 0 amide bonds. The normalized spacial score (nSPS) is 24.9. The lowest BCUT2D eigenvalue weighted by atomic mass is 10.1. The summed E-state index contributed by atoms with van der Waals surface area (Å²) >= 11 is 0. The monoisotopic (exact) mass is 219 g/mol. The Morgan fingerprint density at radius 2 is 2.12 bits per heavy atom. The third-order valence-corrected chi connectivity index (χ3v) is 3.04. The fourth-order valence-corrected chi connectivity index (χ4v) is 2.01. The van der Waals surface area contributed by atoms with Crippen LogP contribution in [0.1, 0.15) is 24.8 Å². The highest BCUT2D eigenvalue weighted by molar-refractivity contribution is 5.75. The molecule has 0 saturated heterocycles. The summed E-state index contributed by atoms with van der Waals surface area (Å²) in [6.45, 7) is 1.84. The first-order valence-electron chi connectivity index (χ1n) is 5.61. The van der Waals surface area contributed by atoms with E-state index in [1.165, 1.54) is 12.7 Å². The molecule has 2 rings (SSSR count). The van der Waals surface area contributed by atoms with Crippen LogP contribution in [0.15, 0.2) is 30.3 Å². The van der Waals surface area contributed by atoms with Crippen molar-refractivity contribution in [1.29, 1.82) is 0 Å². The van der Waals surface area contributed by atoms with E-state index in [9.17, 15) is 4.79 Å². The van der Waals surface area contributed by atoms with E-state index in [0.717, 1.165) is 6.42 Å². The van der Waals surface area contributed by atoms with Crippen LogP contribution in [0.4, 0.5) is 0 Å². The molecule has 0 aliphatic heterocycles. The van der Waals surface area contributed by atoms with Crippen molar-refractivity contribution in [2.24, 2.45) is 0 Å². The molecule has 0 aromatic heterocycles. The highest BCUT2D eigenvalue weighted by atomic mass is 16.5. The maximum Gasteiger partial charge on any atom is 0.322 e. The SMILES string of the molecule is COC(=O)C(C)N[C@@H]1C[C@H]1c1ccccc1. The number of rotatable bonds is 4. The highest BCUT2D eigenvalue weighted by Crippen LogP contribution is 2.40. The summed E-state index contributed by atoms with van der Waals surface area (Å²) in [5.41, 5.74) is 1.34. The van der Waals surface area contributed by atoms with Crippen molar-refractivity contribution in [3.63, 3.8) is 0 Å². The minimum absolute atomic E-state index is 0.196. The largest absolute Gasteiger partial charge is 0.468 e. The quantitative estimate of drug-likeness (QED) is 0.783. The summed E-state index contributed by atoms with van der Waals surface area (Å²) < 4.78 is 4.68. The number of methoxy groups -OCH3 is 1. The third kappa shape index (κ3) is 2.42. The second-order valence-corrected chi connectivity index (χ2v) is 4.27. The van der Waals surface area contributed by atoms with Gasteiger partial charge in [0.15, 0.2) is 0 Å². The molecule has 0 bridgehead atoms. The molecule has 1 unspecified atom stereocenters. The number of esters is 1. The van der Waals surface area contributed by atoms with E-state index in [-0.39, 0.29) is 12.0 Å². The van der Waals surface area contributed by atoms with Crippen molar-refractivity contribution in [3.05, 3.63) is 35.9 Å². The number of carbonyl (C=O) groups is 1. The maximum absolute atomic E-state index is 11.2. The third-order valence-electron chi connectivity index (χ3n) is 3.04. The molecule has 1 saturated carbocycles. The molecule has 0 spiro atoms. The molecular formula is C13H17NO2. The van der Waals surface area contributed by atoms with E-state index in [4.69, 9.17) is 0 Å². The van der Waals surface area contributed by atoms with Gasteiger partial charge in [0.05, 0.1) is 7.11 Å². The lowest BCUT2D eigenvalue weighted by Crippen LogP contribution is -2.36. The molecule has 0 heterocycles. The molecular weight excluding hydrogens is 202 g/mol. The smallest absolute Gasteiger partial charge is 0.322 e. The van der Waals surface area contributed by atoms with E-state index in [2.05, 4.69) is 34.3 Å². The van der Waals surface area contributed by atoms with Gasteiger partial charge in [-0.25, -0.2) is 0 Å². The minimum atomic E-state index is -0.219. The second-order valence-electron chi connectivity index (χ2n) is 4.27. The van der Waals surface area contributed by atoms with Crippen LogP contribution in [-0.2, 0) is 9.53 Å². The molecule has 1 N–H and O–H groups in total. The van der Waals surface area contributed by atoms with E-state index in [0.29, 0.717) is 12.0 Å². The Morgan fingerprint density at radius 1 is 1.44 bits per heavy atom. The van der Waals surface area contributed by atoms with Gasteiger partial charge in [-0.1, -0.05) is 30.3 Å². The van der Waals surface area contributed by atoms with Gasteiger partial charge in [0.25, 0.3) is 0 Å². The van der Waals surface area contributed by atoms with Gasteiger partial charge in [0.2, 0.25) is 0 Å². The summed E-state index contributed by atoms with van der Waals surface area (Å²) in [4.78, 5) is 11.2. The molecule has 86 valence electrons. The predicted octanol–water partition coefficient (Wildman–Crippen LogP) is 1.69. The zero-order valence-corrected chi connectivity index (χ0v) is 9.64. The fraction of sp³-hybridized carbons (Fsp3) is 0.462. The van der Waals surface area contributed by atoms with E-state index in [1.54, 1.807) is 0 Å². The van der Waals surface area contributed by atoms with Gasteiger partial charge in [0, 0.05) is 12.0 Å². The average Bonchev–Trinajstić information content (AvgIpc) is 3.08. The summed E-state index contributed by atoms with van der Waals surface area (Å²) in [5, 5.41) is 3.28. The zero-order valence-electron chi connectivity index (χ0n) is 9.64. The number of benzene rings is 1. The van der Waals surface area contributed by atoms with Crippen molar-refractivity contribution >= 4 is 5.97 Å². The van der Waals surface area contributed by atoms with Crippen molar-refractivity contribution in [2.45, 2.75) is 31.3 Å². The minimum Gasteiger partial charge on any atom is -0.468 e. The summed E-state index contributed by atoms with van der Waals surface area (Å²) in [5.74, 6) is 0.354. The zero-order chi connectivity index (χ0) is 11.5. The van der Waals surface area contributed by atoms with Gasteiger partial charge in [-0.05, 0) is 18.9 Å². The first-order valence-corrected chi connectivity index (χ1v) is 5.61. The van der Waals surface area contributed by atoms with Crippen molar-refractivity contribution in [3.8, 4) is 0 Å². The first kappa shape index (κ1) is 11.1. The van der Waals surface area contributed by atoms with Crippen LogP contribution in [0.5, 0.6) is 0 Å². The summed E-state index contributed by atoms with van der Waals surface area (Å²) in [6, 6.07) is 10.6. The Hall–Kier alpha value is -1.35. The van der Waals surface area contributed by atoms with Gasteiger partial charge >= 0.3 is 5.97 Å². The highest BCUT2D eigenvalue weighted by Gasteiger charge is 2.39. The van der Waals surface area contributed by atoms with Crippen molar-refractivity contribution in [2.75, 3.05) is 7.11 Å². The number of hydrogen-bond donors (Lipinski definition) is 1. The van der Waals surface area contributed by atoms with Gasteiger partial charge in [-0.15, -0.1) is 0 Å². The van der Waals surface area contributed by atoms with Crippen LogP contribution in [0.2, 0.25) is 0 Å². The van der Waals surface area contributed by atoms with Gasteiger partial charge < -0.3 is 10.1 Å². The molecule has 1 fully saturated rings. The van der Waals surface area contributed by atoms with Crippen LogP contribution < -0.4 is 5.32 Å². The number of ether oxygens (including phenoxy) is 1. The number of nitrogens with one attached hydrogen (secondary N) is 1. The molecule has 3 heteroatoms. The Labute approximate surface area is 95.8 Å². The van der Waals surface area contributed by atoms with Gasteiger partial charge in [-0.3, -0.25) is 4.79 Å². The van der Waals surface area contributed by atoms with Crippen LogP contribution in [0.3, 0.4) is 0 Å². The van der Waals surface area contributed by atoms with Crippen LogP contribution in [0.25, 0.3) is 0 Å². The summed E-state index contributed by atoms with van der Waals surface area (Å²) in [6.07, 6.45) is 1.10. The molecule has 16 heavy (non-hydrogen) atoms. The average molecular weight is 219 g/mol. The second kappa shape index (κ2) is 4.66. The lowest BCUT2D eigenvalue weighted by Gasteiger charge is -2.10. The molecule has 3 atom stereocenters. The molecule has 1 aliphatic carbocycles. The van der Waals surface area contributed by atoms with Crippen LogP contribution in [0, 0.1) is 0 Å². The maximum atomic E-state index is 11.2. The fourth-order valence-electron chi connectivity index (χ4n) is 2.01. The van der Waals surface area contributed by atoms with Gasteiger partial charge in [0.1, 0.15) is 6.04 Å². The standard InChI is InChI=1S/C13H17NO2/c1-9(13(15)16-2)14-12-8-11(12)10-6-4-3-5-7-10/h3-7,9,11-12,14H,8H2,1-2H3/t9?,11-,12+/m0/s1. The van der Waals surface area contributed by atoms with E-state index < -0.39 is 0 Å². The Bertz CT molecular complexity index is 363. The van der Waals surface area contributed by atoms with Crippen LogP contribution >= 0.6 is 0 Å². The number of hydrogen-bond acceptors (Lipinski definition) is 3. The van der Waals surface area contributed by atoms with E-state index >= 15 is 0 Å². The summed E-state index contributed by atoms with van der Waals surface area (Å²) in [7, 11) is 1.42. The lowest BCUT2D eigenvalue weighted by molar-refractivity contribution is -0.142.